The van der Waals surface area contributed by atoms with Crippen molar-refractivity contribution in [2.24, 2.45) is 0 Å². The van der Waals surface area contributed by atoms with Gasteiger partial charge in [0.1, 0.15) is 5.02 Å². The summed E-state index contributed by atoms with van der Waals surface area (Å²) in [5.74, 6) is -0.533. The van der Waals surface area contributed by atoms with E-state index in [-0.39, 0.29) is 21.2 Å². The number of halogens is 3. The van der Waals surface area contributed by atoms with E-state index in [4.69, 9.17) is 11.6 Å². The first-order valence-electron chi connectivity index (χ1n) is 8.40. The molecule has 3 rings (SSSR count). The van der Waals surface area contributed by atoms with E-state index in [9.17, 15) is 23.3 Å². The summed E-state index contributed by atoms with van der Waals surface area (Å²) in [6.07, 6.45) is 0. The van der Waals surface area contributed by atoms with Crippen molar-refractivity contribution in [3.8, 4) is 0 Å². The van der Waals surface area contributed by atoms with Crippen LogP contribution in [0.15, 0.2) is 74.5 Å². The first-order valence-corrected chi connectivity index (χ1v) is 11.8. The van der Waals surface area contributed by atoms with Gasteiger partial charge in [-0.3, -0.25) is 19.6 Å². The lowest BCUT2D eigenvalue weighted by Crippen LogP contribution is -2.18. The molecule has 0 aromatic heterocycles. The van der Waals surface area contributed by atoms with E-state index in [2.05, 4.69) is 41.9 Å². The molecule has 0 saturated heterocycles. The second kappa shape index (κ2) is 9.35. The van der Waals surface area contributed by atoms with Crippen molar-refractivity contribution in [2.75, 3.05) is 10.0 Å². The Morgan fingerprint density at radius 3 is 2.23 bits per heavy atom. The average Bonchev–Trinajstić information content (AvgIpc) is 2.69. The number of carbonyl (C=O) groups is 1. The summed E-state index contributed by atoms with van der Waals surface area (Å²) in [6.45, 7) is 0. The minimum atomic E-state index is -4.19. The molecule has 1 amide bonds. The zero-order valence-corrected chi connectivity index (χ0v) is 20.0. The Labute approximate surface area is 199 Å². The molecule has 0 aliphatic carbocycles. The fraction of sp³-hybridized carbons (Fsp3) is 0. The standard InChI is InChI=1S/C19H12Br2ClN3O5S/c20-11-1-4-13(5-2-11)23-19(26)15-7-3-12(21)9-17(15)24-31(29,30)14-6-8-18(25(27)28)16(22)10-14/h1-10,24H,(H,23,26). The third-order valence-electron chi connectivity index (χ3n) is 4.00. The quantitative estimate of drug-likeness (QED) is 0.277. The van der Waals surface area contributed by atoms with Crippen molar-refractivity contribution in [2.45, 2.75) is 4.90 Å². The molecule has 31 heavy (non-hydrogen) atoms. The van der Waals surface area contributed by atoms with E-state index in [0.717, 1.165) is 22.7 Å². The van der Waals surface area contributed by atoms with E-state index in [1.54, 1.807) is 30.3 Å². The highest BCUT2D eigenvalue weighted by atomic mass is 79.9. The second-order valence-corrected chi connectivity index (χ2v) is 10.0. The lowest BCUT2D eigenvalue weighted by molar-refractivity contribution is -0.384. The molecule has 12 heteroatoms. The van der Waals surface area contributed by atoms with Crippen LogP contribution in [0.1, 0.15) is 10.4 Å². The average molecular weight is 590 g/mol. The molecule has 0 spiro atoms. The number of nitro benzene ring substituents is 1. The van der Waals surface area contributed by atoms with Crippen LogP contribution in [0.25, 0.3) is 0 Å². The van der Waals surface area contributed by atoms with Gasteiger partial charge in [-0.2, -0.15) is 0 Å². The van der Waals surface area contributed by atoms with Gasteiger partial charge >= 0.3 is 0 Å². The number of amides is 1. The summed E-state index contributed by atoms with van der Waals surface area (Å²) in [5, 5.41) is 13.3. The Kier molecular flexibility index (Phi) is 6.99. The number of anilines is 2. The molecule has 0 atom stereocenters. The third-order valence-corrected chi connectivity index (χ3v) is 6.69. The van der Waals surface area contributed by atoms with Gasteiger partial charge in [-0.05, 0) is 54.6 Å². The van der Waals surface area contributed by atoms with Crippen LogP contribution in [-0.2, 0) is 10.0 Å². The van der Waals surface area contributed by atoms with Crippen molar-refractivity contribution in [3.63, 3.8) is 0 Å². The maximum Gasteiger partial charge on any atom is 0.287 e. The normalized spacial score (nSPS) is 11.1. The number of sulfonamides is 1. The van der Waals surface area contributed by atoms with Crippen LogP contribution in [0.5, 0.6) is 0 Å². The number of hydrogen-bond acceptors (Lipinski definition) is 5. The SMILES string of the molecule is O=C(Nc1ccc(Br)cc1)c1ccc(Br)cc1NS(=O)(=O)c1ccc([N+](=O)[O-])c(Cl)c1. The smallest absolute Gasteiger partial charge is 0.287 e. The Bertz CT molecular complexity index is 1280. The monoisotopic (exact) mass is 587 g/mol. The molecule has 3 aromatic carbocycles. The third kappa shape index (κ3) is 5.62. The zero-order chi connectivity index (χ0) is 22.8. The van der Waals surface area contributed by atoms with Crippen LogP contribution < -0.4 is 10.0 Å². The van der Waals surface area contributed by atoms with Crippen molar-refractivity contribution in [1.29, 1.82) is 0 Å². The van der Waals surface area contributed by atoms with Gasteiger partial charge in [0.2, 0.25) is 0 Å². The number of carbonyl (C=O) groups excluding carboxylic acids is 1. The van der Waals surface area contributed by atoms with Crippen LogP contribution >= 0.6 is 43.5 Å². The highest BCUT2D eigenvalue weighted by Gasteiger charge is 2.22. The molecule has 160 valence electrons. The highest BCUT2D eigenvalue weighted by Crippen LogP contribution is 2.30. The van der Waals surface area contributed by atoms with Crippen molar-refractivity contribution in [3.05, 3.63) is 90.3 Å². The minimum absolute atomic E-state index is 0.0125. The van der Waals surface area contributed by atoms with E-state index in [1.807, 2.05) is 0 Å². The molecule has 0 radical (unpaired) electrons. The van der Waals surface area contributed by atoms with Crippen LogP contribution in [0, 0.1) is 10.1 Å². The van der Waals surface area contributed by atoms with Gasteiger partial charge in [0.25, 0.3) is 21.6 Å². The first-order chi connectivity index (χ1) is 14.6. The largest absolute Gasteiger partial charge is 0.322 e. The molecule has 0 heterocycles. The lowest BCUT2D eigenvalue weighted by atomic mass is 10.1. The summed E-state index contributed by atoms with van der Waals surface area (Å²) >= 11 is 12.4. The van der Waals surface area contributed by atoms with Gasteiger partial charge in [-0.1, -0.05) is 43.5 Å². The van der Waals surface area contributed by atoms with Crippen molar-refractivity contribution >= 4 is 76.5 Å². The molecule has 0 aliphatic heterocycles. The molecule has 3 aromatic rings. The molecule has 0 fully saturated rings. The van der Waals surface area contributed by atoms with Gasteiger partial charge in [0, 0.05) is 20.7 Å². The number of nitrogens with one attached hydrogen (secondary N) is 2. The van der Waals surface area contributed by atoms with Gasteiger partial charge in [-0.25, -0.2) is 8.42 Å². The molecular weight excluding hydrogens is 578 g/mol. The number of benzene rings is 3. The van der Waals surface area contributed by atoms with E-state index in [0.29, 0.717) is 10.2 Å². The molecule has 8 nitrogen and oxygen atoms in total. The van der Waals surface area contributed by atoms with E-state index in [1.165, 1.54) is 12.1 Å². The Hall–Kier alpha value is -2.47. The number of rotatable bonds is 6. The Morgan fingerprint density at radius 2 is 1.61 bits per heavy atom. The molecule has 0 bridgehead atoms. The maximum absolute atomic E-state index is 12.8. The van der Waals surface area contributed by atoms with Crippen LogP contribution in [0.2, 0.25) is 5.02 Å². The predicted octanol–water partition coefficient (Wildman–Crippen LogP) is 5.83. The van der Waals surface area contributed by atoms with Gasteiger partial charge < -0.3 is 5.32 Å². The number of hydrogen-bond donors (Lipinski definition) is 2. The predicted molar refractivity (Wildman–Crippen MR) is 125 cm³/mol. The molecular formula is C19H12Br2ClN3O5S. The van der Waals surface area contributed by atoms with Gasteiger partial charge in [-0.15, -0.1) is 0 Å². The Balaban J connectivity index is 1.93. The van der Waals surface area contributed by atoms with Crippen molar-refractivity contribution < 1.29 is 18.1 Å². The lowest BCUT2D eigenvalue weighted by Gasteiger charge is -2.14. The van der Waals surface area contributed by atoms with Crippen LogP contribution in [0.4, 0.5) is 17.1 Å². The fourth-order valence-corrected chi connectivity index (χ4v) is 4.57. The summed E-state index contributed by atoms with van der Waals surface area (Å²) in [5.41, 5.74) is 0.186. The van der Waals surface area contributed by atoms with E-state index < -0.39 is 26.5 Å². The maximum atomic E-state index is 12.8. The molecule has 0 aliphatic rings. The van der Waals surface area contributed by atoms with Crippen molar-refractivity contribution in [1.82, 2.24) is 0 Å². The molecule has 2 N–H and O–H groups in total. The highest BCUT2D eigenvalue weighted by molar-refractivity contribution is 9.10. The summed E-state index contributed by atoms with van der Waals surface area (Å²) in [6, 6.07) is 14.4. The Morgan fingerprint density at radius 1 is 0.968 bits per heavy atom. The second-order valence-electron chi connectivity index (χ2n) is 6.13. The topological polar surface area (TPSA) is 118 Å². The number of nitrogens with zero attached hydrogens (tertiary/aromatic N) is 1. The van der Waals surface area contributed by atoms with Crippen LogP contribution in [-0.4, -0.2) is 19.2 Å². The molecule has 0 unspecified atom stereocenters. The summed E-state index contributed by atoms with van der Waals surface area (Å²) < 4.78 is 29.4. The molecule has 0 saturated carbocycles. The number of nitro groups is 1. The van der Waals surface area contributed by atoms with Gasteiger partial charge in [0.15, 0.2) is 0 Å². The fourth-order valence-electron chi connectivity index (χ4n) is 2.54. The zero-order valence-electron chi connectivity index (χ0n) is 15.3. The summed E-state index contributed by atoms with van der Waals surface area (Å²) in [4.78, 5) is 22.7. The minimum Gasteiger partial charge on any atom is -0.322 e. The summed E-state index contributed by atoms with van der Waals surface area (Å²) in [7, 11) is -4.19. The van der Waals surface area contributed by atoms with Gasteiger partial charge in [0.05, 0.1) is 21.1 Å². The van der Waals surface area contributed by atoms with Crippen LogP contribution in [0.3, 0.4) is 0 Å². The van der Waals surface area contributed by atoms with E-state index >= 15 is 0 Å². The first kappa shape index (κ1) is 23.2.